The summed E-state index contributed by atoms with van der Waals surface area (Å²) in [6.45, 7) is 0. The molecule has 4 N–H and O–H groups in total. The van der Waals surface area contributed by atoms with Gasteiger partial charge in [0.1, 0.15) is 11.6 Å². The van der Waals surface area contributed by atoms with Crippen LogP contribution >= 0.6 is 7.60 Å². The van der Waals surface area contributed by atoms with Gasteiger partial charge in [0.05, 0.1) is 29.1 Å². The number of carbonyl (C=O) groups is 1. The maximum atomic E-state index is 14.7. The summed E-state index contributed by atoms with van der Waals surface area (Å²) in [6.07, 6.45) is -0.0661. The molecule has 4 aromatic rings. The van der Waals surface area contributed by atoms with Crippen LogP contribution in [0.5, 0.6) is 5.75 Å². The van der Waals surface area contributed by atoms with E-state index >= 15 is 0 Å². The number of β-lactam (4-membered cyclic amide) rings is 1. The summed E-state index contributed by atoms with van der Waals surface area (Å²) >= 11 is 0. The summed E-state index contributed by atoms with van der Waals surface area (Å²) < 4.78 is 26.2. The monoisotopic (exact) mass is 547 g/mol. The first kappa shape index (κ1) is 26.8. The number of aliphatic hydroxyl groups is 1. The van der Waals surface area contributed by atoms with E-state index in [1.54, 1.807) is 24.3 Å². The third-order valence-corrected chi connectivity index (χ3v) is 8.11. The summed E-state index contributed by atoms with van der Waals surface area (Å²) in [7, 11) is -4.39. The van der Waals surface area contributed by atoms with Gasteiger partial charge in [-0.25, -0.2) is 4.39 Å². The van der Waals surface area contributed by atoms with E-state index in [9.17, 15) is 33.7 Å². The molecule has 0 aliphatic carbocycles. The standard InChI is InChI=1S/C30H27FNO6P/c31-25-8-4-5-9-26(25)32-29(24(30(32)35)16-17-27(33)20-6-2-1-3-7-20)21-12-15-23(28(34)18-21)19-10-13-22(14-11-19)39(36,37)38/h1-15,18,24,27,29,33-34H,16-17H2,(H2,36,37,38)/t24-,27+,29-/m1/s1. The summed E-state index contributed by atoms with van der Waals surface area (Å²) in [5, 5.41) is 21.4. The van der Waals surface area contributed by atoms with Gasteiger partial charge in [0.15, 0.2) is 0 Å². The van der Waals surface area contributed by atoms with Crippen LogP contribution in [-0.4, -0.2) is 25.9 Å². The molecule has 9 heteroatoms. The number of benzene rings is 4. The van der Waals surface area contributed by atoms with Crippen molar-refractivity contribution in [1.82, 2.24) is 0 Å². The Bertz CT molecular complexity index is 1540. The molecule has 200 valence electrons. The van der Waals surface area contributed by atoms with Crippen LogP contribution in [0.2, 0.25) is 0 Å². The lowest BCUT2D eigenvalue weighted by Gasteiger charge is -2.48. The van der Waals surface area contributed by atoms with Crippen molar-refractivity contribution in [3.05, 3.63) is 114 Å². The third-order valence-electron chi connectivity index (χ3n) is 7.14. The van der Waals surface area contributed by atoms with Gasteiger partial charge < -0.3 is 24.9 Å². The van der Waals surface area contributed by atoms with Crippen LogP contribution in [0.15, 0.2) is 97.1 Å². The molecule has 1 amide bonds. The minimum Gasteiger partial charge on any atom is -0.507 e. The van der Waals surface area contributed by atoms with Crippen molar-refractivity contribution >= 4 is 24.5 Å². The van der Waals surface area contributed by atoms with E-state index in [0.29, 0.717) is 29.5 Å². The molecule has 1 aliphatic rings. The number of para-hydroxylation sites is 1. The number of aliphatic hydroxyl groups excluding tert-OH is 1. The lowest BCUT2D eigenvalue weighted by Crippen LogP contribution is -2.55. The molecule has 4 aromatic carbocycles. The van der Waals surface area contributed by atoms with Crippen LogP contribution in [-0.2, 0) is 9.36 Å². The normalized spacial score (nSPS) is 18.1. The summed E-state index contributed by atoms with van der Waals surface area (Å²) in [5.41, 5.74) is 2.48. The van der Waals surface area contributed by atoms with E-state index in [1.165, 1.54) is 47.4 Å². The predicted molar refractivity (Wildman–Crippen MR) is 146 cm³/mol. The lowest BCUT2D eigenvalue weighted by atomic mass is 9.78. The van der Waals surface area contributed by atoms with Gasteiger partial charge in [-0.1, -0.05) is 66.7 Å². The van der Waals surface area contributed by atoms with E-state index in [2.05, 4.69) is 0 Å². The topological polar surface area (TPSA) is 118 Å². The molecule has 3 atom stereocenters. The fourth-order valence-corrected chi connectivity index (χ4v) is 5.66. The second-order valence-corrected chi connectivity index (χ2v) is 11.2. The number of phenolic OH excluding ortho intramolecular Hbond substituents is 1. The second kappa shape index (κ2) is 10.8. The minimum absolute atomic E-state index is 0.0904. The summed E-state index contributed by atoms with van der Waals surface area (Å²) in [4.78, 5) is 33.4. The number of phenols is 1. The highest BCUT2D eigenvalue weighted by Crippen LogP contribution is 2.48. The van der Waals surface area contributed by atoms with E-state index in [4.69, 9.17) is 0 Å². The SMILES string of the molecule is O=C1[C@H](CC[C@H](O)c2ccccc2)[C@@H](c2ccc(-c3ccc(P(=O)(O)O)cc3)c(O)c2)N1c1ccccc1F. The minimum atomic E-state index is -4.39. The number of amides is 1. The van der Waals surface area contributed by atoms with E-state index in [-0.39, 0.29) is 22.6 Å². The molecule has 1 aliphatic heterocycles. The highest BCUT2D eigenvalue weighted by Gasteiger charge is 2.49. The van der Waals surface area contributed by atoms with E-state index in [1.807, 2.05) is 30.3 Å². The van der Waals surface area contributed by atoms with Crippen molar-refractivity contribution in [3.8, 4) is 16.9 Å². The van der Waals surface area contributed by atoms with Gasteiger partial charge in [-0.2, -0.15) is 0 Å². The number of carbonyl (C=O) groups excluding carboxylic acids is 1. The molecule has 7 nitrogen and oxygen atoms in total. The molecule has 0 aromatic heterocycles. The smallest absolute Gasteiger partial charge is 0.356 e. The molecular formula is C30H27FNO6P. The molecule has 1 saturated heterocycles. The molecule has 0 radical (unpaired) electrons. The number of halogens is 1. The Balaban J connectivity index is 1.44. The van der Waals surface area contributed by atoms with Crippen molar-refractivity contribution in [2.45, 2.75) is 25.0 Å². The predicted octanol–water partition coefficient (Wildman–Crippen LogP) is 5.22. The zero-order valence-electron chi connectivity index (χ0n) is 20.8. The van der Waals surface area contributed by atoms with Crippen molar-refractivity contribution in [1.29, 1.82) is 0 Å². The highest BCUT2D eigenvalue weighted by atomic mass is 31.2. The first-order valence-electron chi connectivity index (χ1n) is 12.4. The molecule has 0 unspecified atom stereocenters. The van der Waals surface area contributed by atoms with Gasteiger partial charge in [-0.15, -0.1) is 0 Å². The maximum Gasteiger partial charge on any atom is 0.356 e. The molecule has 5 rings (SSSR count). The van der Waals surface area contributed by atoms with E-state index < -0.39 is 31.5 Å². The number of rotatable bonds is 8. The largest absolute Gasteiger partial charge is 0.507 e. The third kappa shape index (κ3) is 5.37. The highest BCUT2D eigenvalue weighted by molar-refractivity contribution is 7.60. The molecule has 1 fully saturated rings. The van der Waals surface area contributed by atoms with Crippen LogP contribution in [0.25, 0.3) is 11.1 Å². The van der Waals surface area contributed by atoms with Gasteiger partial charge in [-0.05, 0) is 59.9 Å². The molecule has 0 saturated carbocycles. The van der Waals surface area contributed by atoms with Crippen molar-refractivity contribution in [2.75, 3.05) is 4.90 Å². The Morgan fingerprint density at radius 1 is 0.897 bits per heavy atom. The van der Waals surface area contributed by atoms with Crippen molar-refractivity contribution in [3.63, 3.8) is 0 Å². The van der Waals surface area contributed by atoms with Crippen LogP contribution in [0.3, 0.4) is 0 Å². The fraction of sp³-hybridized carbons (Fsp3) is 0.167. The Hall–Kier alpha value is -3.81. The van der Waals surface area contributed by atoms with Crippen LogP contribution in [0, 0.1) is 11.7 Å². The Labute approximate surface area is 225 Å². The zero-order chi connectivity index (χ0) is 27.7. The van der Waals surface area contributed by atoms with E-state index in [0.717, 1.165) is 5.56 Å². The zero-order valence-corrected chi connectivity index (χ0v) is 21.7. The number of aromatic hydroxyl groups is 1. The van der Waals surface area contributed by atoms with Gasteiger partial charge in [0.25, 0.3) is 0 Å². The van der Waals surface area contributed by atoms with Crippen LogP contribution in [0.4, 0.5) is 10.1 Å². The Morgan fingerprint density at radius 3 is 2.21 bits per heavy atom. The van der Waals surface area contributed by atoms with Crippen molar-refractivity contribution < 1.29 is 33.7 Å². The quantitative estimate of drug-likeness (QED) is 0.178. The summed E-state index contributed by atoms with van der Waals surface area (Å²) in [5.74, 6) is -1.42. The number of hydrogen-bond acceptors (Lipinski definition) is 4. The maximum absolute atomic E-state index is 14.7. The van der Waals surface area contributed by atoms with Gasteiger partial charge in [0, 0.05) is 5.56 Å². The molecule has 1 heterocycles. The van der Waals surface area contributed by atoms with Crippen molar-refractivity contribution in [2.24, 2.45) is 5.92 Å². The number of hydrogen-bond donors (Lipinski definition) is 4. The summed E-state index contributed by atoms with van der Waals surface area (Å²) in [6, 6.07) is 25.2. The molecular weight excluding hydrogens is 520 g/mol. The number of nitrogens with zero attached hydrogens (tertiary/aromatic N) is 1. The molecule has 39 heavy (non-hydrogen) atoms. The Kier molecular flexibility index (Phi) is 7.38. The van der Waals surface area contributed by atoms with Gasteiger partial charge in [0.2, 0.25) is 5.91 Å². The first-order chi connectivity index (χ1) is 18.6. The number of anilines is 1. The second-order valence-electron chi connectivity index (χ2n) is 9.58. The Morgan fingerprint density at radius 2 is 1.56 bits per heavy atom. The average molecular weight is 548 g/mol. The average Bonchev–Trinajstić information content (AvgIpc) is 2.92. The van der Waals surface area contributed by atoms with Crippen LogP contribution < -0.4 is 10.2 Å². The van der Waals surface area contributed by atoms with Crippen LogP contribution in [0.1, 0.15) is 36.1 Å². The fourth-order valence-electron chi connectivity index (χ4n) is 5.12. The molecule has 0 bridgehead atoms. The lowest BCUT2D eigenvalue weighted by molar-refractivity contribution is -0.131. The molecule has 0 spiro atoms. The van der Waals surface area contributed by atoms with Gasteiger partial charge >= 0.3 is 7.60 Å². The first-order valence-corrected chi connectivity index (χ1v) is 14.1. The van der Waals surface area contributed by atoms with Gasteiger partial charge in [-0.3, -0.25) is 9.36 Å².